The van der Waals surface area contributed by atoms with Crippen molar-refractivity contribution in [1.82, 2.24) is 14.9 Å². The predicted molar refractivity (Wildman–Crippen MR) is 97.0 cm³/mol. The molecule has 3 aromatic rings. The number of benzene rings is 2. The van der Waals surface area contributed by atoms with Crippen LogP contribution < -0.4 is 4.74 Å². The van der Waals surface area contributed by atoms with E-state index in [4.69, 9.17) is 9.72 Å². The number of imidazole rings is 1. The average Bonchev–Trinajstić information content (AvgIpc) is 3.12. The molecule has 0 aliphatic carbocycles. The maximum atomic E-state index is 12.7. The zero-order chi connectivity index (χ0) is 17.2. The first-order chi connectivity index (χ1) is 12.2. The second-order valence-corrected chi connectivity index (χ2v) is 6.44. The van der Waals surface area contributed by atoms with Gasteiger partial charge in [0.25, 0.3) is 5.91 Å². The quantitative estimate of drug-likeness (QED) is 0.796. The highest BCUT2D eigenvalue weighted by molar-refractivity contribution is 5.94. The number of rotatable bonds is 3. The first kappa shape index (κ1) is 15.7. The van der Waals surface area contributed by atoms with Gasteiger partial charge in [-0.3, -0.25) is 4.79 Å². The number of para-hydroxylation sites is 2. The zero-order valence-electron chi connectivity index (χ0n) is 14.2. The first-order valence-corrected chi connectivity index (χ1v) is 8.62. The molecule has 2 aromatic carbocycles. The molecule has 0 unspecified atom stereocenters. The first-order valence-electron chi connectivity index (χ1n) is 8.62. The van der Waals surface area contributed by atoms with Gasteiger partial charge in [0.15, 0.2) is 0 Å². The maximum Gasteiger partial charge on any atom is 0.253 e. The molecule has 0 saturated carbocycles. The highest BCUT2D eigenvalue weighted by atomic mass is 16.5. The molecule has 1 fully saturated rings. The fourth-order valence-corrected chi connectivity index (χ4v) is 3.46. The standard InChI is InChI=1S/C20H21N3O2/c1-25-16-6-4-5-15(13-16)20(24)23-11-9-14(10-12-23)19-21-17-7-2-3-8-18(17)22-19/h2-8,13-14H,9-12H2,1H3,(H,21,22). The lowest BCUT2D eigenvalue weighted by Gasteiger charge is -2.31. The number of methoxy groups -OCH3 is 1. The van der Waals surface area contributed by atoms with Gasteiger partial charge >= 0.3 is 0 Å². The number of hydrogen-bond donors (Lipinski definition) is 1. The maximum absolute atomic E-state index is 12.7. The number of fused-ring (bicyclic) bond motifs is 1. The van der Waals surface area contributed by atoms with E-state index in [1.54, 1.807) is 13.2 Å². The average molecular weight is 335 g/mol. The van der Waals surface area contributed by atoms with Crippen LogP contribution in [0, 0.1) is 0 Å². The van der Waals surface area contributed by atoms with Crippen LogP contribution >= 0.6 is 0 Å². The van der Waals surface area contributed by atoms with Gasteiger partial charge < -0.3 is 14.6 Å². The molecule has 1 saturated heterocycles. The zero-order valence-corrected chi connectivity index (χ0v) is 14.2. The van der Waals surface area contributed by atoms with E-state index in [9.17, 15) is 4.79 Å². The summed E-state index contributed by atoms with van der Waals surface area (Å²) >= 11 is 0. The molecule has 25 heavy (non-hydrogen) atoms. The summed E-state index contributed by atoms with van der Waals surface area (Å²) < 4.78 is 5.21. The van der Waals surface area contributed by atoms with E-state index in [2.05, 4.69) is 4.98 Å². The Hall–Kier alpha value is -2.82. The van der Waals surface area contributed by atoms with Gasteiger partial charge in [-0.25, -0.2) is 4.98 Å². The molecule has 128 valence electrons. The van der Waals surface area contributed by atoms with Crippen LogP contribution in [0.2, 0.25) is 0 Å². The Labute approximate surface area is 146 Å². The molecule has 1 aliphatic rings. The third-order valence-electron chi connectivity index (χ3n) is 4.89. The van der Waals surface area contributed by atoms with Crippen LogP contribution in [0.3, 0.4) is 0 Å². The van der Waals surface area contributed by atoms with Crippen molar-refractivity contribution < 1.29 is 9.53 Å². The van der Waals surface area contributed by atoms with E-state index in [1.165, 1.54) is 0 Å². The minimum Gasteiger partial charge on any atom is -0.497 e. The number of aromatic amines is 1. The molecule has 5 nitrogen and oxygen atoms in total. The Morgan fingerprint density at radius 2 is 1.96 bits per heavy atom. The summed E-state index contributed by atoms with van der Waals surface area (Å²) in [5, 5.41) is 0. The van der Waals surface area contributed by atoms with Crippen LogP contribution in [-0.4, -0.2) is 41.0 Å². The Balaban J connectivity index is 1.44. The molecular formula is C20H21N3O2. The Bertz CT molecular complexity index is 862. The molecule has 1 N–H and O–H groups in total. The highest BCUT2D eigenvalue weighted by Crippen LogP contribution is 2.28. The van der Waals surface area contributed by atoms with Gasteiger partial charge in [0.05, 0.1) is 18.1 Å². The van der Waals surface area contributed by atoms with Crippen molar-refractivity contribution in [2.75, 3.05) is 20.2 Å². The summed E-state index contributed by atoms with van der Waals surface area (Å²) in [6, 6.07) is 15.4. The lowest BCUT2D eigenvalue weighted by Crippen LogP contribution is -2.38. The highest BCUT2D eigenvalue weighted by Gasteiger charge is 2.26. The van der Waals surface area contributed by atoms with E-state index in [-0.39, 0.29) is 5.91 Å². The van der Waals surface area contributed by atoms with Crippen molar-refractivity contribution in [2.45, 2.75) is 18.8 Å². The Morgan fingerprint density at radius 3 is 2.72 bits per heavy atom. The molecule has 0 bridgehead atoms. The molecule has 1 amide bonds. The van der Waals surface area contributed by atoms with Crippen LogP contribution in [0.4, 0.5) is 0 Å². The van der Waals surface area contributed by atoms with Crippen molar-refractivity contribution in [3.63, 3.8) is 0 Å². The summed E-state index contributed by atoms with van der Waals surface area (Å²) in [4.78, 5) is 22.8. The smallest absolute Gasteiger partial charge is 0.253 e. The van der Waals surface area contributed by atoms with Crippen molar-refractivity contribution in [3.05, 3.63) is 59.9 Å². The third-order valence-corrected chi connectivity index (χ3v) is 4.89. The number of ether oxygens (including phenoxy) is 1. The number of likely N-dealkylation sites (tertiary alicyclic amines) is 1. The van der Waals surface area contributed by atoms with Crippen LogP contribution in [0.15, 0.2) is 48.5 Å². The van der Waals surface area contributed by atoms with E-state index in [0.29, 0.717) is 17.2 Å². The largest absolute Gasteiger partial charge is 0.497 e. The van der Waals surface area contributed by atoms with E-state index in [1.807, 2.05) is 47.4 Å². The lowest BCUT2D eigenvalue weighted by molar-refractivity contribution is 0.0711. The van der Waals surface area contributed by atoms with Crippen LogP contribution in [0.1, 0.15) is 34.9 Å². The van der Waals surface area contributed by atoms with Crippen LogP contribution in [0.5, 0.6) is 5.75 Å². The molecular weight excluding hydrogens is 314 g/mol. The van der Waals surface area contributed by atoms with E-state index < -0.39 is 0 Å². The van der Waals surface area contributed by atoms with Crippen molar-refractivity contribution >= 4 is 16.9 Å². The van der Waals surface area contributed by atoms with Crippen molar-refractivity contribution in [1.29, 1.82) is 0 Å². The molecule has 0 radical (unpaired) electrons. The number of hydrogen-bond acceptors (Lipinski definition) is 3. The summed E-state index contributed by atoms with van der Waals surface area (Å²) in [7, 11) is 1.61. The summed E-state index contributed by atoms with van der Waals surface area (Å²) in [5.74, 6) is 2.20. The number of nitrogens with one attached hydrogen (secondary N) is 1. The molecule has 5 heteroatoms. The van der Waals surface area contributed by atoms with Crippen molar-refractivity contribution in [2.24, 2.45) is 0 Å². The van der Waals surface area contributed by atoms with Gasteiger partial charge in [0.1, 0.15) is 11.6 Å². The normalized spacial score (nSPS) is 15.5. The molecule has 0 spiro atoms. The van der Waals surface area contributed by atoms with Crippen molar-refractivity contribution in [3.8, 4) is 5.75 Å². The number of amides is 1. The van der Waals surface area contributed by atoms with Gasteiger partial charge in [-0.1, -0.05) is 18.2 Å². The summed E-state index contributed by atoms with van der Waals surface area (Å²) in [5.41, 5.74) is 2.77. The number of carbonyl (C=O) groups is 1. The number of carbonyl (C=O) groups excluding carboxylic acids is 1. The second kappa shape index (κ2) is 6.59. The van der Waals surface area contributed by atoms with Gasteiger partial charge in [0, 0.05) is 24.6 Å². The Kier molecular flexibility index (Phi) is 4.14. The minimum atomic E-state index is 0.0713. The van der Waals surface area contributed by atoms with E-state index in [0.717, 1.165) is 42.8 Å². The molecule has 0 atom stereocenters. The number of piperidine rings is 1. The van der Waals surface area contributed by atoms with Gasteiger partial charge in [0.2, 0.25) is 0 Å². The van der Waals surface area contributed by atoms with Crippen LogP contribution in [0.25, 0.3) is 11.0 Å². The number of H-pyrrole nitrogens is 1. The Morgan fingerprint density at radius 1 is 1.16 bits per heavy atom. The van der Waals surface area contributed by atoms with Gasteiger partial charge in [-0.2, -0.15) is 0 Å². The fraction of sp³-hybridized carbons (Fsp3) is 0.300. The molecule has 2 heterocycles. The topological polar surface area (TPSA) is 58.2 Å². The van der Waals surface area contributed by atoms with Gasteiger partial charge in [-0.15, -0.1) is 0 Å². The minimum absolute atomic E-state index is 0.0713. The number of aromatic nitrogens is 2. The third kappa shape index (κ3) is 3.09. The second-order valence-electron chi connectivity index (χ2n) is 6.44. The number of nitrogens with zero attached hydrogens (tertiary/aromatic N) is 2. The monoisotopic (exact) mass is 335 g/mol. The van der Waals surface area contributed by atoms with Gasteiger partial charge in [-0.05, 0) is 43.2 Å². The fourth-order valence-electron chi connectivity index (χ4n) is 3.46. The molecule has 1 aromatic heterocycles. The van der Waals surface area contributed by atoms with E-state index >= 15 is 0 Å². The molecule has 1 aliphatic heterocycles. The summed E-state index contributed by atoms with van der Waals surface area (Å²) in [6.45, 7) is 1.50. The SMILES string of the molecule is COc1cccc(C(=O)N2CCC(c3nc4ccccc4[nH]3)CC2)c1. The summed E-state index contributed by atoms with van der Waals surface area (Å²) in [6.07, 6.45) is 1.85. The molecule has 4 rings (SSSR count). The lowest BCUT2D eigenvalue weighted by atomic mass is 9.95. The van der Waals surface area contributed by atoms with Crippen LogP contribution in [-0.2, 0) is 0 Å². The predicted octanol–water partition coefficient (Wildman–Crippen LogP) is 3.59.